The molecule has 0 aliphatic carbocycles. The number of hydrogen-bond donors (Lipinski definition) is 2. The molecule has 0 saturated carbocycles. The molecule has 2 N–H and O–H groups in total. The number of carbonyl (C=O) groups excluding carboxylic acids is 1. The molecule has 1 unspecified atom stereocenters. The lowest BCUT2D eigenvalue weighted by Gasteiger charge is -2.09. The van der Waals surface area contributed by atoms with Crippen LogP contribution in [0.1, 0.15) is 32.3 Å². The molecule has 4 heteroatoms. The first-order chi connectivity index (χ1) is 8.58. The maximum atomic E-state index is 10.8. The molecule has 0 heterocycles. The third-order valence-corrected chi connectivity index (χ3v) is 2.46. The predicted molar refractivity (Wildman–Crippen MR) is 71.3 cm³/mol. The minimum absolute atomic E-state index is 0.236. The summed E-state index contributed by atoms with van der Waals surface area (Å²) in [5.41, 5.74) is 4.82. The molecule has 1 rings (SSSR count). The topological polar surface area (TPSA) is 58.6 Å². The highest BCUT2D eigenvalue weighted by molar-refractivity contribution is 5.75. The number of rotatable bonds is 8. The summed E-state index contributed by atoms with van der Waals surface area (Å²) in [5.74, 6) is 0.236. The molecule has 0 aromatic heterocycles. The van der Waals surface area contributed by atoms with Crippen LogP contribution in [0, 0.1) is 0 Å². The molecule has 4 nitrogen and oxygen atoms in total. The molecule has 0 spiro atoms. The lowest BCUT2D eigenvalue weighted by molar-refractivity contribution is -0.117. The molecule has 1 aromatic carbocycles. The van der Waals surface area contributed by atoms with Crippen LogP contribution >= 0.6 is 0 Å². The number of aryl methyl sites for hydroxylation is 1. The van der Waals surface area contributed by atoms with Crippen LogP contribution in [0.4, 0.5) is 5.69 Å². The minimum Gasteiger partial charge on any atom is -0.391 e. The van der Waals surface area contributed by atoms with Gasteiger partial charge in [0.05, 0.1) is 11.8 Å². The Morgan fingerprint density at radius 1 is 1.39 bits per heavy atom. The van der Waals surface area contributed by atoms with Crippen LogP contribution in [0.15, 0.2) is 24.3 Å². The van der Waals surface area contributed by atoms with Crippen molar-refractivity contribution in [2.45, 2.75) is 39.2 Å². The smallest absolute Gasteiger partial charge is 0.129 e. The number of benzene rings is 1. The van der Waals surface area contributed by atoms with Crippen LogP contribution in [-0.4, -0.2) is 23.6 Å². The van der Waals surface area contributed by atoms with Crippen molar-refractivity contribution in [2.75, 3.05) is 12.1 Å². The maximum Gasteiger partial charge on any atom is 0.129 e. The molecule has 0 aliphatic rings. The van der Waals surface area contributed by atoms with E-state index >= 15 is 0 Å². The first kappa shape index (κ1) is 14.7. The van der Waals surface area contributed by atoms with Crippen molar-refractivity contribution in [1.29, 1.82) is 0 Å². The summed E-state index contributed by atoms with van der Waals surface area (Å²) in [5, 5.41) is 9.02. The van der Waals surface area contributed by atoms with Gasteiger partial charge in [-0.05, 0) is 44.4 Å². The quantitative estimate of drug-likeness (QED) is 0.696. The van der Waals surface area contributed by atoms with Crippen molar-refractivity contribution in [2.24, 2.45) is 0 Å². The molecule has 0 saturated heterocycles. The van der Waals surface area contributed by atoms with Gasteiger partial charge in [-0.1, -0.05) is 12.1 Å². The Morgan fingerprint density at radius 2 is 2.06 bits per heavy atom. The number of aliphatic hydroxyl groups excluding tert-OH is 1. The van der Waals surface area contributed by atoms with E-state index in [-0.39, 0.29) is 12.4 Å². The van der Waals surface area contributed by atoms with Crippen molar-refractivity contribution < 1.29 is 14.7 Å². The lowest BCUT2D eigenvalue weighted by Crippen LogP contribution is -2.13. The zero-order chi connectivity index (χ0) is 13.4. The van der Waals surface area contributed by atoms with E-state index < -0.39 is 6.10 Å². The van der Waals surface area contributed by atoms with Crippen LogP contribution in [0.5, 0.6) is 0 Å². The first-order valence-corrected chi connectivity index (χ1v) is 6.22. The number of Topliss-reactive ketones (excluding diaryl/α,β-unsaturated/α-hetero) is 1. The van der Waals surface area contributed by atoms with E-state index in [9.17, 15) is 4.79 Å². The number of anilines is 1. The molecule has 0 radical (unpaired) electrons. The second-order valence-corrected chi connectivity index (χ2v) is 4.51. The summed E-state index contributed by atoms with van der Waals surface area (Å²) < 4.78 is 0. The van der Waals surface area contributed by atoms with Crippen LogP contribution in [0.2, 0.25) is 0 Å². The van der Waals surface area contributed by atoms with E-state index in [1.54, 1.807) is 13.8 Å². The van der Waals surface area contributed by atoms with Gasteiger partial charge in [0, 0.05) is 6.42 Å². The Morgan fingerprint density at radius 3 is 2.61 bits per heavy atom. The molecular weight excluding hydrogens is 230 g/mol. The summed E-state index contributed by atoms with van der Waals surface area (Å²) in [6, 6.07) is 7.86. The Kier molecular flexibility index (Phi) is 6.39. The van der Waals surface area contributed by atoms with Gasteiger partial charge >= 0.3 is 0 Å². The highest BCUT2D eigenvalue weighted by Crippen LogP contribution is 2.12. The zero-order valence-electron chi connectivity index (χ0n) is 11.0. The normalized spacial score (nSPS) is 12.2. The highest BCUT2D eigenvalue weighted by atomic mass is 16.6. The van der Waals surface area contributed by atoms with Gasteiger partial charge in [0.25, 0.3) is 0 Å². The highest BCUT2D eigenvalue weighted by Gasteiger charge is 1.98. The van der Waals surface area contributed by atoms with Gasteiger partial charge < -0.3 is 9.90 Å². The number of carbonyl (C=O) groups is 1. The van der Waals surface area contributed by atoms with Crippen molar-refractivity contribution in [3.63, 3.8) is 0 Å². The van der Waals surface area contributed by atoms with Crippen LogP contribution in [0.3, 0.4) is 0 Å². The summed E-state index contributed by atoms with van der Waals surface area (Å²) >= 11 is 0. The standard InChI is InChI=1S/C14H21NO3/c1-11(16)4-3-5-13-6-8-14(9-7-13)15-18-10-12(2)17/h6-9,12,15,17H,3-5,10H2,1-2H3. The second kappa shape index (κ2) is 7.84. The molecule has 1 atom stereocenters. The summed E-state index contributed by atoms with van der Waals surface area (Å²) in [4.78, 5) is 15.9. The van der Waals surface area contributed by atoms with Gasteiger partial charge in [0.15, 0.2) is 0 Å². The Hall–Kier alpha value is -1.39. The van der Waals surface area contributed by atoms with Crippen molar-refractivity contribution in [1.82, 2.24) is 0 Å². The molecule has 0 aliphatic heterocycles. The zero-order valence-corrected chi connectivity index (χ0v) is 11.0. The van der Waals surface area contributed by atoms with Crippen LogP contribution in [-0.2, 0) is 16.1 Å². The summed E-state index contributed by atoms with van der Waals surface area (Å²) in [6.45, 7) is 3.53. The largest absolute Gasteiger partial charge is 0.391 e. The second-order valence-electron chi connectivity index (χ2n) is 4.51. The fourth-order valence-corrected chi connectivity index (χ4v) is 1.53. The van der Waals surface area contributed by atoms with Gasteiger partial charge in [0.2, 0.25) is 0 Å². The number of aliphatic hydroxyl groups is 1. The van der Waals surface area contributed by atoms with E-state index in [0.29, 0.717) is 6.42 Å². The summed E-state index contributed by atoms with van der Waals surface area (Å²) in [7, 11) is 0. The molecule has 0 amide bonds. The Bertz CT molecular complexity index is 360. The van der Waals surface area contributed by atoms with E-state index in [1.165, 1.54) is 5.56 Å². The molecule has 0 bridgehead atoms. The van der Waals surface area contributed by atoms with Gasteiger partial charge in [-0.2, -0.15) is 0 Å². The van der Waals surface area contributed by atoms with E-state index in [1.807, 2.05) is 24.3 Å². The lowest BCUT2D eigenvalue weighted by atomic mass is 10.1. The van der Waals surface area contributed by atoms with Crippen molar-refractivity contribution in [3.8, 4) is 0 Å². The average molecular weight is 251 g/mol. The molecule has 1 aromatic rings. The van der Waals surface area contributed by atoms with E-state index in [4.69, 9.17) is 9.94 Å². The van der Waals surface area contributed by atoms with Crippen LogP contribution in [0.25, 0.3) is 0 Å². The van der Waals surface area contributed by atoms with Gasteiger partial charge in [-0.15, -0.1) is 0 Å². The monoisotopic (exact) mass is 251 g/mol. The van der Waals surface area contributed by atoms with Crippen LogP contribution < -0.4 is 5.48 Å². The fraction of sp³-hybridized carbons (Fsp3) is 0.500. The van der Waals surface area contributed by atoms with E-state index in [0.717, 1.165) is 18.5 Å². The molecular formula is C14H21NO3. The third-order valence-electron chi connectivity index (χ3n) is 2.46. The number of hydrogen-bond acceptors (Lipinski definition) is 4. The molecule has 18 heavy (non-hydrogen) atoms. The SMILES string of the molecule is CC(=O)CCCc1ccc(NOCC(C)O)cc1. The van der Waals surface area contributed by atoms with Gasteiger partial charge in [0.1, 0.15) is 12.4 Å². The Balaban J connectivity index is 2.31. The van der Waals surface area contributed by atoms with Gasteiger partial charge in [-0.25, -0.2) is 0 Å². The minimum atomic E-state index is -0.483. The molecule has 0 fully saturated rings. The van der Waals surface area contributed by atoms with Gasteiger partial charge in [-0.3, -0.25) is 10.3 Å². The predicted octanol–water partition coefficient (Wildman–Crippen LogP) is 2.32. The summed E-state index contributed by atoms with van der Waals surface area (Å²) in [6.07, 6.45) is 1.95. The van der Waals surface area contributed by atoms with Crippen molar-refractivity contribution in [3.05, 3.63) is 29.8 Å². The van der Waals surface area contributed by atoms with Crippen molar-refractivity contribution >= 4 is 11.5 Å². The Labute approximate surface area is 108 Å². The van der Waals surface area contributed by atoms with E-state index in [2.05, 4.69) is 5.48 Å². The molecule has 100 valence electrons. The number of nitrogens with one attached hydrogen (secondary N) is 1. The number of ketones is 1. The first-order valence-electron chi connectivity index (χ1n) is 6.22. The fourth-order valence-electron chi connectivity index (χ4n) is 1.53. The maximum absolute atomic E-state index is 10.8. The third kappa shape index (κ3) is 6.37. The average Bonchev–Trinajstić information content (AvgIpc) is 2.30.